The molecule has 13 nitrogen and oxygen atoms in total. The lowest BCUT2D eigenvalue weighted by molar-refractivity contribution is -0.145. The highest BCUT2D eigenvalue weighted by molar-refractivity contribution is 7.92. The summed E-state index contributed by atoms with van der Waals surface area (Å²) in [5.41, 5.74) is 1.21. The van der Waals surface area contributed by atoms with Gasteiger partial charge in [0.15, 0.2) is 0 Å². The lowest BCUT2D eigenvalue weighted by Gasteiger charge is -2.12. The molecule has 0 radical (unpaired) electrons. The summed E-state index contributed by atoms with van der Waals surface area (Å²) in [6.07, 6.45) is 1.21. The van der Waals surface area contributed by atoms with Crippen LogP contribution in [0.1, 0.15) is 33.1 Å². The normalized spacial score (nSPS) is 13.5. The minimum absolute atomic E-state index is 0.00725. The van der Waals surface area contributed by atoms with E-state index in [1.54, 1.807) is 43.3 Å². The second-order valence-electron chi connectivity index (χ2n) is 10.1. The van der Waals surface area contributed by atoms with Crippen molar-refractivity contribution >= 4 is 45.0 Å². The summed E-state index contributed by atoms with van der Waals surface area (Å²) < 4.78 is 38.7. The molecule has 14 heteroatoms. The Hall–Kier alpha value is -5.11. The maximum atomic E-state index is 13.0. The number of pyridine rings is 1. The third-order valence-electron chi connectivity index (χ3n) is 6.62. The Balaban J connectivity index is 1.24. The molecule has 2 aromatic heterocycles. The summed E-state index contributed by atoms with van der Waals surface area (Å²) in [6, 6.07) is 17.2. The van der Waals surface area contributed by atoms with Gasteiger partial charge in [-0.2, -0.15) is 4.98 Å². The minimum atomic E-state index is -3.94. The number of nitrogens with one attached hydrogen (secondary N) is 3. The van der Waals surface area contributed by atoms with Crippen molar-refractivity contribution in [2.75, 3.05) is 22.0 Å². The van der Waals surface area contributed by atoms with Gasteiger partial charge in [-0.25, -0.2) is 13.4 Å². The molecule has 0 bridgehead atoms. The zero-order chi connectivity index (χ0) is 30.6. The van der Waals surface area contributed by atoms with Crippen LogP contribution in [0.4, 0.5) is 17.2 Å². The number of benzene rings is 2. The maximum absolute atomic E-state index is 13.0. The van der Waals surface area contributed by atoms with Crippen molar-refractivity contribution in [3.8, 4) is 23.0 Å². The summed E-state index contributed by atoms with van der Waals surface area (Å²) in [5, 5.41) is 9.30. The molecule has 0 atom stereocenters. The Morgan fingerprint density at radius 3 is 2.40 bits per heavy atom. The van der Waals surface area contributed by atoms with E-state index in [1.165, 1.54) is 30.3 Å². The average molecular weight is 605 g/mol. The van der Waals surface area contributed by atoms with Gasteiger partial charge < -0.3 is 19.9 Å². The van der Waals surface area contributed by atoms with E-state index in [0.717, 1.165) is 12.8 Å². The van der Waals surface area contributed by atoms with Gasteiger partial charge in [0.2, 0.25) is 17.6 Å². The number of nitrogens with zero attached hydrogens (tertiary/aromatic N) is 3. The molecule has 0 aliphatic heterocycles. The molecule has 0 saturated heterocycles. The standard InChI is InChI=1S/C29H28N6O7S/c1-3-41-25(37)17-24(36)32-23-9-5-8-22(31-23)27-33-26(34-42-27)18-10-12-21(13-11-18)43(39,40)35-20-7-4-6-19(16-20)30-28(38)29(2)14-15-29/h4-13,16,35H,3,14-15,17H2,1-2H3,(H,30,38)(H,31,32,36). The van der Waals surface area contributed by atoms with Gasteiger partial charge in [0, 0.05) is 16.7 Å². The highest BCUT2D eigenvalue weighted by atomic mass is 32.2. The van der Waals surface area contributed by atoms with Crippen molar-refractivity contribution in [3.05, 3.63) is 66.7 Å². The van der Waals surface area contributed by atoms with Crippen LogP contribution in [-0.2, 0) is 29.1 Å². The van der Waals surface area contributed by atoms with E-state index < -0.39 is 28.3 Å². The Bertz CT molecular complexity index is 1780. The topological polar surface area (TPSA) is 182 Å². The number of ether oxygens (including phenoxy) is 1. The van der Waals surface area contributed by atoms with Gasteiger partial charge in [-0.15, -0.1) is 0 Å². The Kier molecular flexibility index (Phi) is 8.21. The molecule has 4 aromatic rings. The van der Waals surface area contributed by atoms with Crippen molar-refractivity contribution in [2.45, 2.75) is 38.0 Å². The monoisotopic (exact) mass is 604 g/mol. The van der Waals surface area contributed by atoms with Crippen LogP contribution in [0, 0.1) is 5.41 Å². The van der Waals surface area contributed by atoms with Gasteiger partial charge in [-0.05, 0) is 74.4 Å². The number of hydrogen-bond acceptors (Lipinski definition) is 10. The average Bonchev–Trinajstić information content (AvgIpc) is 3.53. The van der Waals surface area contributed by atoms with Crippen LogP contribution in [0.3, 0.4) is 0 Å². The number of sulfonamides is 1. The summed E-state index contributed by atoms with van der Waals surface area (Å²) in [4.78, 5) is 44.5. The molecule has 1 aliphatic rings. The first-order valence-corrected chi connectivity index (χ1v) is 14.8. The lowest BCUT2D eigenvalue weighted by atomic mass is 10.1. The predicted molar refractivity (Wildman–Crippen MR) is 156 cm³/mol. The fraction of sp³-hybridized carbons (Fsp3) is 0.241. The lowest BCUT2D eigenvalue weighted by Crippen LogP contribution is -2.21. The molecule has 0 unspecified atom stereocenters. The molecule has 0 spiro atoms. The van der Waals surface area contributed by atoms with Gasteiger partial charge in [0.1, 0.15) is 17.9 Å². The smallest absolute Gasteiger partial charge is 0.315 e. The Labute approximate surface area is 247 Å². The summed E-state index contributed by atoms with van der Waals surface area (Å²) in [6.45, 7) is 3.71. The zero-order valence-corrected chi connectivity index (χ0v) is 24.1. The van der Waals surface area contributed by atoms with Crippen molar-refractivity contribution in [1.82, 2.24) is 15.1 Å². The number of amides is 2. The highest BCUT2D eigenvalue weighted by Crippen LogP contribution is 2.45. The van der Waals surface area contributed by atoms with Gasteiger partial charge in [-0.3, -0.25) is 19.1 Å². The molecule has 43 heavy (non-hydrogen) atoms. The highest BCUT2D eigenvalue weighted by Gasteiger charge is 2.44. The van der Waals surface area contributed by atoms with Gasteiger partial charge in [0.05, 0.1) is 17.2 Å². The van der Waals surface area contributed by atoms with Gasteiger partial charge in [-0.1, -0.05) is 24.2 Å². The predicted octanol–water partition coefficient (Wildman–Crippen LogP) is 4.23. The number of hydrogen-bond donors (Lipinski definition) is 3. The van der Waals surface area contributed by atoms with Crippen LogP contribution in [0.25, 0.3) is 23.0 Å². The summed E-state index contributed by atoms with van der Waals surface area (Å²) in [7, 11) is -3.94. The van der Waals surface area contributed by atoms with E-state index in [9.17, 15) is 22.8 Å². The second-order valence-corrected chi connectivity index (χ2v) is 11.8. The van der Waals surface area contributed by atoms with E-state index in [4.69, 9.17) is 9.26 Å². The molecule has 1 aliphatic carbocycles. The summed E-state index contributed by atoms with van der Waals surface area (Å²) >= 11 is 0. The number of carbonyl (C=O) groups is 3. The first kappa shape index (κ1) is 29.4. The Morgan fingerprint density at radius 2 is 1.67 bits per heavy atom. The molecule has 2 amide bonds. The van der Waals surface area contributed by atoms with Crippen LogP contribution in [0.2, 0.25) is 0 Å². The molecule has 222 valence electrons. The summed E-state index contributed by atoms with van der Waals surface area (Å²) in [5.74, 6) is -0.880. The fourth-order valence-electron chi connectivity index (χ4n) is 3.95. The molecule has 2 aromatic carbocycles. The van der Waals surface area contributed by atoms with E-state index >= 15 is 0 Å². The van der Waals surface area contributed by atoms with Crippen LogP contribution in [-0.4, -0.2) is 47.9 Å². The third kappa shape index (κ3) is 7.22. The van der Waals surface area contributed by atoms with Crippen molar-refractivity contribution in [3.63, 3.8) is 0 Å². The molecule has 1 saturated carbocycles. The fourth-order valence-corrected chi connectivity index (χ4v) is 5.00. The Morgan fingerprint density at radius 1 is 0.953 bits per heavy atom. The van der Waals surface area contributed by atoms with Crippen molar-refractivity contribution < 1.29 is 32.1 Å². The molecule has 1 fully saturated rings. The maximum Gasteiger partial charge on any atom is 0.315 e. The SMILES string of the molecule is CCOC(=O)CC(=O)Nc1cccc(-c2nc(-c3ccc(S(=O)(=O)Nc4cccc(NC(=O)C5(C)CC5)c4)cc3)no2)n1. The van der Waals surface area contributed by atoms with E-state index in [-0.39, 0.29) is 46.1 Å². The minimum Gasteiger partial charge on any atom is -0.466 e. The van der Waals surface area contributed by atoms with Crippen LogP contribution >= 0.6 is 0 Å². The number of esters is 1. The van der Waals surface area contributed by atoms with Crippen LogP contribution in [0.5, 0.6) is 0 Å². The number of carbonyl (C=O) groups excluding carboxylic acids is 3. The first-order chi connectivity index (χ1) is 20.5. The largest absolute Gasteiger partial charge is 0.466 e. The van der Waals surface area contributed by atoms with E-state index in [1.807, 2.05) is 6.92 Å². The van der Waals surface area contributed by atoms with E-state index in [2.05, 4.69) is 30.5 Å². The molecule has 2 heterocycles. The van der Waals surface area contributed by atoms with E-state index in [0.29, 0.717) is 16.9 Å². The number of aromatic nitrogens is 3. The molecule has 5 rings (SSSR count). The number of anilines is 3. The third-order valence-corrected chi connectivity index (χ3v) is 8.01. The van der Waals surface area contributed by atoms with Gasteiger partial charge >= 0.3 is 5.97 Å². The zero-order valence-electron chi connectivity index (χ0n) is 23.3. The number of rotatable bonds is 11. The van der Waals surface area contributed by atoms with Crippen LogP contribution < -0.4 is 15.4 Å². The second kappa shape index (κ2) is 12.0. The molecule has 3 N–H and O–H groups in total. The van der Waals surface area contributed by atoms with Crippen molar-refractivity contribution in [1.29, 1.82) is 0 Å². The van der Waals surface area contributed by atoms with Crippen LogP contribution in [0.15, 0.2) is 76.1 Å². The molecular weight excluding hydrogens is 576 g/mol. The molecular formula is C29H28N6O7S. The van der Waals surface area contributed by atoms with Crippen molar-refractivity contribution in [2.24, 2.45) is 5.41 Å². The van der Waals surface area contributed by atoms with Gasteiger partial charge in [0.25, 0.3) is 15.9 Å². The first-order valence-electron chi connectivity index (χ1n) is 13.4. The quantitative estimate of drug-likeness (QED) is 0.165.